The normalized spacial score (nSPS) is 14.5. The highest BCUT2D eigenvalue weighted by Gasteiger charge is 2.15. The second kappa shape index (κ2) is 9.87. The fraction of sp³-hybridized carbons (Fsp3) is 0.500. The van der Waals surface area contributed by atoms with Crippen molar-refractivity contribution >= 4 is 46.4 Å². The van der Waals surface area contributed by atoms with Gasteiger partial charge in [-0.25, -0.2) is 4.98 Å². The molecule has 0 amide bonds. The quantitative estimate of drug-likeness (QED) is 0.394. The maximum Gasteiger partial charge on any atom is 0.191 e. The average Bonchev–Trinajstić information content (AvgIpc) is 3.32. The average molecular weight is 461 g/mol. The Kier molecular flexibility index (Phi) is 7.83. The van der Waals surface area contributed by atoms with Crippen LogP contribution < -0.4 is 15.5 Å². The largest absolute Gasteiger partial charge is 0.467 e. The van der Waals surface area contributed by atoms with Crippen LogP contribution >= 0.6 is 35.3 Å². The zero-order valence-corrected chi connectivity index (χ0v) is 17.0. The molecule has 1 saturated heterocycles. The molecule has 2 aromatic heterocycles. The monoisotopic (exact) mass is 461 g/mol. The van der Waals surface area contributed by atoms with E-state index in [2.05, 4.69) is 25.9 Å². The minimum absolute atomic E-state index is 0. The number of anilines is 1. The first kappa shape index (κ1) is 19.0. The molecule has 0 aromatic carbocycles. The summed E-state index contributed by atoms with van der Waals surface area (Å²) in [6, 6.07) is 3.82. The Labute approximate surface area is 163 Å². The fourth-order valence-electron chi connectivity index (χ4n) is 2.58. The summed E-state index contributed by atoms with van der Waals surface area (Å²) >= 11 is 1.75. The summed E-state index contributed by atoms with van der Waals surface area (Å²) in [7, 11) is 1.77. The van der Waals surface area contributed by atoms with Gasteiger partial charge >= 0.3 is 0 Å². The van der Waals surface area contributed by atoms with Crippen LogP contribution in [0.2, 0.25) is 0 Å². The Morgan fingerprint density at radius 2 is 2.21 bits per heavy atom. The Bertz CT molecular complexity index is 622. The maximum atomic E-state index is 5.30. The second-order valence-electron chi connectivity index (χ2n) is 5.50. The lowest BCUT2D eigenvalue weighted by atomic mass is 10.3. The molecule has 1 aliphatic rings. The molecule has 0 aliphatic carbocycles. The van der Waals surface area contributed by atoms with Crippen LogP contribution in [0.25, 0.3) is 0 Å². The summed E-state index contributed by atoms with van der Waals surface area (Å²) in [4.78, 5) is 11.3. The fourth-order valence-corrected chi connectivity index (χ4v) is 3.49. The highest BCUT2D eigenvalue weighted by Crippen LogP contribution is 2.24. The molecular weight excluding hydrogens is 437 g/mol. The van der Waals surface area contributed by atoms with Crippen molar-refractivity contribution in [1.29, 1.82) is 0 Å². The van der Waals surface area contributed by atoms with Gasteiger partial charge in [0.15, 0.2) is 11.1 Å². The van der Waals surface area contributed by atoms with Crippen LogP contribution in [0.5, 0.6) is 0 Å². The number of aliphatic imine (C=N–C) groups is 1. The van der Waals surface area contributed by atoms with Crippen LogP contribution in [-0.4, -0.2) is 37.6 Å². The van der Waals surface area contributed by atoms with Gasteiger partial charge in [0.2, 0.25) is 0 Å². The molecule has 8 heteroatoms. The van der Waals surface area contributed by atoms with Crippen molar-refractivity contribution in [3.05, 3.63) is 35.2 Å². The van der Waals surface area contributed by atoms with Crippen LogP contribution in [-0.2, 0) is 13.0 Å². The minimum atomic E-state index is 0. The summed E-state index contributed by atoms with van der Waals surface area (Å²) in [5.41, 5.74) is 1.14. The topological polar surface area (TPSA) is 65.7 Å². The number of guanidine groups is 1. The van der Waals surface area contributed by atoms with E-state index in [9.17, 15) is 0 Å². The summed E-state index contributed by atoms with van der Waals surface area (Å²) in [6.07, 6.45) is 5.14. The summed E-state index contributed by atoms with van der Waals surface area (Å²) in [6.45, 7) is 3.73. The van der Waals surface area contributed by atoms with Crippen LogP contribution in [0.15, 0.2) is 33.2 Å². The standard InChI is InChI=1S/C16H23N5OS.HI/c1-17-15(19-11-14-5-4-10-22-14)18-7-6-13-12-23-16(20-13)21-8-2-3-9-21;/h4-5,10,12H,2-3,6-9,11H2,1H3,(H2,17,18,19);1H. The van der Waals surface area contributed by atoms with E-state index in [1.54, 1.807) is 24.6 Å². The van der Waals surface area contributed by atoms with Crippen molar-refractivity contribution in [3.8, 4) is 0 Å². The van der Waals surface area contributed by atoms with Crippen LogP contribution in [0, 0.1) is 0 Å². The highest BCUT2D eigenvalue weighted by atomic mass is 127. The van der Waals surface area contributed by atoms with Gasteiger partial charge in [-0.05, 0) is 25.0 Å². The minimum Gasteiger partial charge on any atom is -0.467 e. The lowest BCUT2D eigenvalue weighted by Gasteiger charge is -2.12. The van der Waals surface area contributed by atoms with Gasteiger partial charge in [-0.1, -0.05) is 0 Å². The van der Waals surface area contributed by atoms with E-state index in [0.717, 1.165) is 48.6 Å². The number of hydrogen-bond acceptors (Lipinski definition) is 5. The number of nitrogens with zero attached hydrogens (tertiary/aromatic N) is 3. The molecule has 0 bridgehead atoms. The number of rotatable bonds is 6. The van der Waals surface area contributed by atoms with Crippen molar-refractivity contribution < 1.29 is 4.42 Å². The Balaban J connectivity index is 0.00000208. The third-order valence-corrected chi connectivity index (χ3v) is 4.77. The van der Waals surface area contributed by atoms with E-state index in [4.69, 9.17) is 9.40 Å². The molecule has 0 unspecified atom stereocenters. The molecule has 2 N–H and O–H groups in total. The molecule has 0 saturated carbocycles. The molecule has 24 heavy (non-hydrogen) atoms. The lowest BCUT2D eigenvalue weighted by Crippen LogP contribution is -2.37. The molecule has 0 atom stereocenters. The SMILES string of the molecule is CN=C(NCCc1csc(N2CCCC2)n1)NCc1ccco1.I. The molecule has 132 valence electrons. The maximum absolute atomic E-state index is 5.30. The number of halogens is 1. The number of nitrogens with one attached hydrogen (secondary N) is 2. The molecule has 1 aliphatic heterocycles. The first-order chi connectivity index (χ1) is 11.3. The number of hydrogen-bond donors (Lipinski definition) is 2. The molecule has 6 nitrogen and oxygen atoms in total. The zero-order valence-electron chi connectivity index (χ0n) is 13.8. The molecule has 2 aromatic rings. The Morgan fingerprint density at radius 3 is 2.92 bits per heavy atom. The summed E-state index contributed by atoms with van der Waals surface area (Å²) < 4.78 is 5.30. The highest BCUT2D eigenvalue weighted by molar-refractivity contribution is 14.0. The molecular formula is C16H24IN5OS. The van der Waals surface area contributed by atoms with Crippen LogP contribution in [0.1, 0.15) is 24.3 Å². The van der Waals surface area contributed by atoms with Gasteiger partial charge in [0.05, 0.1) is 18.5 Å². The zero-order chi connectivity index (χ0) is 15.9. The van der Waals surface area contributed by atoms with Crippen molar-refractivity contribution in [3.63, 3.8) is 0 Å². The lowest BCUT2D eigenvalue weighted by molar-refractivity contribution is 0.501. The predicted octanol–water partition coefficient (Wildman–Crippen LogP) is 2.86. The van der Waals surface area contributed by atoms with Crippen molar-refractivity contribution in [1.82, 2.24) is 15.6 Å². The van der Waals surface area contributed by atoms with Crippen molar-refractivity contribution in [2.45, 2.75) is 25.8 Å². The van der Waals surface area contributed by atoms with E-state index in [1.165, 1.54) is 12.8 Å². The Morgan fingerprint density at radius 1 is 1.38 bits per heavy atom. The summed E-state index contributed by atoms with van der Waals surface area (Å²) in [5, 5.41) is 9.86. The van der Waals surface area contributed by atoms with E-state index in [1.807, 2.05) is 12.1 Å². The van der Waals surface area contributed by atoms with E-state index in [0.29, 0.717) is 6.54 Å². The molecule has 3 heterocycles. The van der Waals surface area contributed by atoms with Gasteiger partial charge in [-0.2, -0.15) is 0 Å². The van der Waals surface area contributed by atoms with E-state index < -0.39 is 0 Å². The van der Waals surface area contributed by atoms with Gasteiger partial charge in [-0.3, -0.25) is 4.99 Å². The summed E-state index contributed by atoms with van der Waals surface area (Å²) in [5.74, 6) is 1.67. The first-order valence-corrected chi connectivity index (χ1v) is 8.89. The van der Waals surface area contributed by atoms with E-state index >= 15 is 0 Å². The molecule has 3 rings (SSSR count). The number of thiazole rings is 1. The molecule has 1 fully saturated rings. The van der Waals surface area contributed by atoms with Crippen molar-refractivity contribution in [2.24, 2.45) is 4.99 Å². The van der Waals surface area contributed by atoms with Gasteiger partial charge in [-0.15, -0.1) is 35.3 Å². The van der Waals surface area contributed by atoms with E-state index in [-0.39, 0.29) is 24.0 Å². The van der Waals surface area contributed by atoms with Gasteiger partial charge in [0.25, 0.3) is 0 Å². The van der Waals surface area contributed by atoms with Gasteiger partial charge in [0.1, 0.15) is 5.76 Å². The first-order valence-electron chi connectivity index (χ1n) is 8.01. The van der Waals surface area contributed by atoms with Gasteiger partial charge in [0, 0.05) is 38.5 Å². The smallest absolute Gasteiger partial charge is 0.191 e. The third kappa shape index (κ3) is 5.37. The third-order valence-electron chi connectivity index (χ3n) is 3.82. The van der Waals surface area contributed by atoms with Crippen LogP contribution in [0.3, 0.4) is 0 Å². The Hall–Kier alpha value is -1.29. The molecule has 0 spiro atoms. The van der Waals surface area contributed by atoms with Crippen molar-refractivity contribution in [2.75, 3.05) is 31.6 Å². The van der Waals surface area contributed by atoms with Crippen LogP contribution in [0.4, 0.5) is 5.13 Å². The predicted molar refractivity (Wildman–Crippen MR) is 110 cm³/mol. The van der Waals surface area contributed by atoms with Gasteiger partial charge < -0.3 is 20.0 Å². The number of aromatic nitrogens is 1. The molecule has 0 radical (unpaired) electrons. The second-order valence-corrected chi connectivity index (χ2v) is 6.33. The number of furan rings is 1.